The van der Waals surface area contributed by atoms with E-state index in [0.717, 1.165) is 0 Å². The Bertz CT molecular complexity index is 1000. The fourth-order valence-corrected chi connectivity index (χ4v) is 4.82. The number of carbonyl (C=O) groups is 1. The number of aromatic nitrogens is 1. The van der Waals surface area contributed by atoms with E-state index in [1.807, 2.05) is 6.92 Å². The van der Waals surface area contributed by atoms with E-state index in [2.05, 4.69) is 18.8 Å². The Balaban J connectivity index is 1.81. The molecule has 4 rings (SSSR count). The smallest absolute Gasteiger partial charge is 0.345 e. The largest absolute Gasteiger partial charge is 0.482 e. The first kappa shape index (κ1) is 20.6. The number of aliphatic hydroxyl groups is 1. The Kier molecular flexibility index (Phi) is 5.18. The van der Waals surface area contributed by atoms with Crippen molar-refractivity contribution in [2.45, 2.75) is 58.3 Å². The molecule has 1 saturated carbocycles. The Labute approximate surface area is 175 Å². The molecule has 1 fully saturated rings. The molecule has 1 aliphatic carbocycles. The third-order valence-electron chi connectivity index (χ3n) is 6.60. The Morgan fingerprint density at radius 1 is 1.37 bits per heavy atom. The highest BCUT2D eigenvalue weighted by Crippen LogP contribution is 2.53. The van der Waals surface area contributed by atoms with Gasteiger partial charge in [-0.05, 0) is 43.7 Å². The molecule has 2 aromatic heterocycles. The van der Waals surface area contributed by atoms with Crippen LogP contribution >= 0.6 is 0 Å². The molecule has 30 heavy (non-hydrogen) atoms. The molecular weight excluding hydrogens is 386 g/mol. The van der Waals surface area contributed by atoms with Crippen molar-refractivity contribution in [2.75, 3.05) is 0 Å². The maximum Gasteiger partial charge on any atom is 0.345 e. The van der Waals surface area contributed by atoms with Gasteiger partial charge < -0.3 is 19.0 Å². The van der Waals surface area contributed by atoms with Gasteiger partial charge in [0.2, 0.25) is 0 Å². The van der Waals surface area contributed by atoms with Crippen LogP contribution < -0.4 is 10.4 Å². The molecule has 5 atom stereocenters. The molecule has 7 nitrogen and oxygen atoms in total. The van der Waals surface area contributed by atoms with Crippen LogP contribution in [0.4, 0.5) is 0 Å². The van der Waals surface area contributed by atoms with Gasteiger partial charge in [0.15, 0.2) is 0 Å². The molecule has 0 radical (unpaired) electrons. The third kappa shape index (κ3) is 3.41. The van der Waals surface area contributed by atoms with Crippen molar-refractivity contribution >= 4 is 5.97 Å². The summed E-state index contributed by atoms with van der Waals surface area (Å²) in [5.74, 6) is 0.344. The second kappa shape index (κ2) is 7.54. The van der Waals surface area contributed by atoms with E-state index in [1.54, 1.807) is 30.6 Å². The van der Waals surface area contributed by atoms with Crippen molar-refractivity contribution in [3.8, 4) is 17.1 Å². The minimum Gasteiger partial charge on any atom is -0.482 e. The van der Waals surface area contributed by atoms with Crippen LogP contribution in [0.15, 0.2) is 39.8 Å². The molecule has 0 aromatic carbocycles. The molecule has 0 unspecified atom stereocenters. The topological polar surface area (TPSA) is 98.9 Å². The zero-order valence-electron chi connectivity index (χ0n) is 17.6. The van der Waals surface area contributed by atoms with Gasteiger partial charge in [-0.3, -0.25) is 9.78 Å². The van der Waals surface area contributed by atoms with E-state index in [0.29, 0.717) is 30.1 Å². The lowest BCUT2D eigenvalue weighted by Crippen LogP contribution is -2.61. The number of hydrogen-bond acceptors (Lipinski definition) is 7. The highest BCUT2D eigenvalue weighted by atomic mass is 16.6. The van der Waals surface area contributed by atoms with Gasteiger partial charge in [0, 0.05) is 36.9 Å². The summed E-state index contributed by atoms with van der Waals surface area (Å²) in [5, 5.41) is 11.2. The number of hydrogen-bond donors (Lipinski definition) is 1. The van der Waals surface area contributed by atoms with Gasteiger partial charge in [-0.15, -0.1) is 0 Å². The summed E-state index contributed by atoms with van der Waals surface area (Å²) in [5.41, 5.74) is -0.834. The van der Waals surface area contributed by atoms with E-state index in [-0.39, 0.29) is 17.2 Å². The molecule has 160 valence electrons. The monoisotopic (exact) mass is 413 g/mol. The zero-order chi connectivity index (χ0) is 21.6. The third-order valence-corrected chi connectivity index (χ3v) is 6.60. The maximum atomic E-state index is 12.8. The minimum absolute atomic E-state index is 0.121. The predicted octanol–water partition coefficient (Wildman–Crippen LogP) is 3.50. The number of pyridine rings is 1. The zero-order valence-corrected chi connectivity index (χ0v) is 17.6. The average Bonchev–Trinajstić information content (AvgIpc) is 2.68. The summed E-state index contributed by atoms with van der Waals surface area (Å²) < 4.78 is 17.5. The molecule has 1 aliphatic heterocycles. The van der Waals surface area contributed by atoms with Crippen LogP contribution in [0.5, 0.6) is 5.75 Å². The van der Waals surface area contributed by atoms with Crippen molar-refractivity contribution in [2.24, 2.45) is 17.8 Å². The van der Waals surface area contributed by atoms with Gasteiger partial charge in [-0.25, -0.2) is 4.79 Å². The SMILES string of the molecule is CC(=O)O[C@H]1C[C@@H](C(C)C)C[C@H]2[C@@H](O)c3c(cc(-c4cccnc4)oc3=O)O[C@]12C. The maximum absolute atomic E-state index is 12.8. The second-order valence-corrected chi connectivity index (χ2v) is 8.83. The molecule has 0 spiro atoms. The first-order valence-corrected chi connectivity index (χ1v) is 10.3. The van der Waals surface area contributed by atoms with Gasteiger partial charge in [-0.1, -0.05) is 13.8 Å². The molecule has 2 aliphatic rings. The van der Waals surface area contributed by atoms with Crippen LogP contribution in [-0.4, -0.2) is 27.8 Å². The molecule has 0 saturated heterocycles. The first-order valence-electron chi connectivity index (χ1n) is 10.3. The van der Waals surface area contributed by atoms with Crippen LogP contribution in [0.2, 0.25) is 0 Å². The van der Waals surface area contributed by atoms with Crippen molar-refractivity contribution in [3.63, 3.8) is 0 Å². The summed E-state index contributed by atoms with van der Waals surface area (Å²) in [7, 11) is 0. The standard InChI is InChI=1S/C23H27NO6/c1-12(2)15-8-16-21(26)20-18(30-23(16,4)19(9-15)28-13(3)25)10-17(29-22(20)27)14-6-5-7-24-11-14/h5-7,10-12,15-16,19,21,26H,8-9H2,1-4H3/t15-,16-,19-,21+,23-/m0/s1. The molecule has 0 bridgehead atoms. The van der Waals surface area contributed by atoms with Crippen molar-refractivity contribution in [1.82, 2.24) is 4.98 Å². The molecule has 2 aromatic rings. The van der Waals surface area contributed by atoms with Gasteiger partial charge in [-0.2, -0.15) is 0 Å². The normalized spacial score (nSPS) is 30.2. The lowest BCUT2D eigenvalue weighted by Gasteiger charge is -2.53. The lowest BCUT2D eigenvalue weighted by atomic mass is 9.63. The lowest BCUT2D eigenvalue weighted by molar-refractivity contribution is -0.194. The van der Waals surface area contributed by atoms with Crippen LogP contribution in [0, 0.1) is 17.8 Å². The van der Waals surface area contributed by atoms with Crippen molar-refractivity contribution in [1.29, 1.82) is 0 Å². The number of fused-ring (bicyclic) bond motifs is 2. The van der Waals surface area contributed by atoms with Crippen LogP contribution in [0.1, 0.15) is 52.2 Å². The highest BCUT2D eigenvalue weighted by molar-refractivity contribution is 5.66. The number of nitrogens with zero attached hydrogens (tertiary/aromatic N) is 1. The Morgan fingerprint density at radius 3 is 2.77 bits per heavy atom. The van der Waals surface area contributed by atoms with E-state index in [1.165, 1.54) is 6.92 Å². The highest BCUT2D eigenvalue weighted by Gasteiger charge is 2.57. The Morgan fingerprint density at radius 2 is 2.13 bits per heavy atom. The van der Waals surface area contributed by atoms with Crippen molar-refractivity contribution < 1.29 is 23.8 Å². The summed E-state index contributed by atoms with van der Waals surface area (Å²) in [4.78, 5) is 28.7. The predicted molar refractivity (Wildman–Crippen MR) is 109 cm³/mol. The number of aliphatic hydroxyl groups excluding tert-OH is 1. The quantitative estimate of drug-likeness (QED) is 0.769. The molecule has 7 heteroatoms. The van der Waals surface area contributed by atoms with Gasteiger partial charge in [0.25, 0.3) is 0 Å². The van der Waals surface area contributed by atoms with Gasteiger partial charge >= 0.3 is 11.6 Å². The summed E-state index contributed by atoms with van der Waals surface area (Å²) in [6, 6.07) is 5.13. The van der Waals surface area contributed by atoms with E-state index >= 15 is 0 Å². The van der Waals surface area contributed by atoms with Crippen LogP contribution in [-0.2, 0) is 9.53 Å². The molecule has 1 N–H and O–H groups in total. The van der Waals surface area contributed by atoms with Gasteiger partial charge in [0.05, 0.1) is 6.10 Å². The van der Waals surface area contributed by atoms with E-state index < -0.39 is 35.3 Å². The van der Waals surface area contributed by atoms with Crippen molar-refractivity contribution in [3.05, 3.63) is 46.6 Å². The number of carbonyl (C=O) groups excluding carboxylic acids is 1. The Hall–Kier alpha value is -2.67. The minimum atomic E-state index is -1.07. The van der Waals surface area contributed by atoms with Crippen LogP contribution in [0.25, 0.3) is 11.3 Å². The molecule has 0 amide bonds. The van der Waals surface area contributed by atoms with Crippen LogP contribution in [0.3, 0.4) is 0 Å². The summed E-state index contributed by atoms with van der Waals surface area (Å²) in [6.45, 7) is 7.44. The average molecular weight is 413 g/mol. The number of rotatable bonds is 3. The fraction of sp³-hybridized carbons (Fsp3) is 0.522. The van der Waals surface area contributed by atoms with E-state index in [4.69, 9.17) is 13.9 Å². The molecular formula is C23H27NO6. The molecule has 3 heterocycles. The fourth-order valence-electron chi connectivity index (χ4n) is 4.82. The first-order chi connectivity index (χ1) is 14.2. The number of esters is 1. The second-order valence-electron chi connectivity index (χ2n) is 8.83. The van der Waals surface area contributed by atoms with Gasteiger partial charge in [0.1, 0.15) is 28.8 Å². The summed E-state index contributed by atoms with van der Waals surface area (Å²) >= 11 is 0. The van der Waals surface area contributed by atoms with E-state index in [9.17, 15) is 14.7 Å². The summed E-state index contributed by atoms with van der Waals surface area (Å²) in [6.07, 6.45) is 2.92. The number of ether oxygens (including phenoxy) is 2.